The van der Waals surface area contributed by atoms with Gasteiger partial charge in [0.1, 0.15) is 11.4 Å². The summed E-state index contributed by atoms with van der Waals surface area (Å²) >= 11 is 0. The van der Waals surface area contributed by atoms with Gasteiger partial charge in [0, 0.05) is 31.5 Å². The van der Waals surface area contributed by atoms with Crippen LogP contribution in [0.4, 0.5) is 0 Å². The predicted molar refractivity (Wildman–Crippen MR) is 83.1 cm³/mol. The number of nitrogens with one attached hydrogen (secondary N) is 1. The summed E-state index contributed by atoms with van der Waals surface area (Å²) in [7, 11) is 0. The first-order valence-electron chi connectivity index (χ1n) is 7.28. The molecular weight excluding hydrogens is 280 g/mol. The fourth-order valence-corrected chi connectivity index (χ4v) is 2.38. The quantitative estimate of drug-likeness (QED) is 0.757. The molecule has 6 nitrogen and oxygen atoms in total. The van der Waals surface area contributed by atoms with Crippen molar-refractivity contribution >= 4 is 11.6 Å². The van der Waals surface area contributed by atoms with Crippen LogP contribution in [0.5, 0.6) is 5.75 Å². The Morgan fingerprint density at radius 3 is 3.00 bits per heavy atom. The third kappa shape index (κ3) is 2.81. The summed E-state index contributed by atoms with van der Waals surface area (Å²) in [5.74, 6) is 0.488. The molecule has 0 saturated carbocycles. The van der Waals surface area contributed by atoms with Gasteiger partial charge in [0.05, 0.1) is 18.4 Å². The van der Waals surface area contributed by atoms with Crippen molar-refractivity contribution in [3.63, 3.8) is 0 Å². The summed E-state index contributed by atoms with van der Waals surface area (Å²) < 4.78 is 9.32. The normalized spacial score (nSPS) is 10.8. The zero-order chi connectivity index (χ0) is 15.4. The van der Waals surface area contributed by atoms with E-state index in [1.165, 1.54) is 0 Å². The maximum Gasteiger partial charge on any atom is 0.255 e. The van der Waals surface area contributed by atoms with Gasteiger partial charge in [-0.2, -0.15) is 5.10 Å². The van der Waals surface area contributed by atoms with Gasteiger partial charge < -0.3 is 14.6 Å². The molecule has 0 bridgehead atoms. The van der Waals surface area contributed by atoms with Crippen molar-refractivity contribution in [3.05, 3.63) is 54.5 Å². The Bertz CT molecular complexity index is 775. The van der Waals surface area contributed by atoms with Gasteiger partial charge in [-0.3, -0.25) is 4.79 Å². The van der Waals surface area contributed by atoms with Gasteiger partial charge in [-0.15, -0.1) is 0 Å². The van der Waals surface area contributed by atoms with E-state index in [2.05, 4.69) is 10.4 Å². The van der Waals surface area contributed by atoms with Gasteiger partial charge in [-0.1, -0.05) is 12.1 Å². The Morgan fingerprint density at radius 2 is 2.14 bits per heavy atom. The first-order valence-corrected chi connectivity index (χ1v) is 7.28. The minimum Gasteiger partial charge on any atom is -0.493 e. The average molecular weight is 298 g/mol. The van der Waals surface area contributed by atoms with E-state index in [0.717, 1.165) is 5.65 Å². The predicted octanol–water partition coefficient (Wildman–Crippen LogP) is 1.96. The van der Waals surface area contributed by atoms with Gasteiger partial charge >= 0.3 is 0 Å². The van der Waals surface area contributed by atoms with Crippen LogP contribution in [0.3, 0.4) is 0 Å². The molecule has 0 fully saturated rings. The van der Waals surface area contributed by atoms with E-state index in [4.69, 9.17) is 4.74 Å². The maximum atomic E-state index is 12.3. The lowest BCUT2D eigenvalue weighted by Crippen LogP contribution is -2.27. The Labute approximate surface area is 128 Å². The van der Waals surface area contributed by atoms with E-state index < -0.39 is 0 Å². The number of nitrogens with zero attached hydrogens (tertiary/aromatic N) is 3. The van der Waals surface area contributed by atoms with Crippen LogP contribution in [-0.4, -0.2) is 33.2 Å². The molecule has 3 rings (SSSR count). The summed E-state index contributed by atoms with van der Waals surface area (Å²) in [6.45, 7) is 3.66. The molecule has 0 aliphatic heterocycles. The number of hydrogen-bond donors (Lipinski definition) is 1. The van der Waals surface area contributed by atoms with Crippen LogP contribution in [0.25, 0.3) is 5.65 Å². The third-order valence-corrected chi connectivity index (χ3v) is 3.40. The van der Waals surface area contributed by atoms with Crippen LogP contribution >= 0.6 is 0 Å². The highest BCUT2D eigenvalue weighted by Gasteiger charge is 2.11. The Balaban J connectivity index is 1.62. The Hall–Kier alpha value is -2.76. The monoisotopic (exact) mass is 298 g/mol. The molecular formula is C16H18N4O2. The zero-order valence-corrected chi connectivity index (χ0v) is 12.4. The number of rotatable bonds is 6. The van der Waals surface area contributed by atoms with Crippen molar-refractivity contribution in [2.45, 2.75) is 13.5 Å². The van der Waals surface area contributed by atoms with Crippen LogP contribution in [0.2, 0.25) is 0 Å². The van der Waals surface area contributed by atoms with Gasteiger partial charge in [0.15, 0.2) is 0 Å². The van der Waals surface area contributed by atoms with Gasteiger partial charge in [0.2, 0.25) is 0 Å². The summed E-state index contributed by atoms with van der Waals surface area (Å²) in [5, 5.41) is 7.08. The molecule has 114 valence electrons. The minimum absolute atomic E-state index is 0.124. The van der Waals surface area contributed by atoms with E-state index in [1.54, 1.807) is 22.8 Å². The molecule has 0 saturated heterocycles. The van der Waals surface area contributed by atoms with Crippen molar-refractivity contribution in [2.24, 2.45) is 0 Å². The number of ether oxygens (including phenoxy) is 1. The van der Waals surface area contributed by atoms with E-state index in [9.17, 15) is 4.79 Å². The van der Waals surface area contributed by atoms with E-state index >= 15 is 0 Å². The highest BCUT2D eigenvalue weighted by molar-refractivity contribution is 5.96. The summed E-state index contributed by atoms with van der Waals surface area (Å²) in [5.41, 5.74) is 1.57. The lowest BCUT2D eigenvalue weighted by Gasteiger charge is -2.10. The summed E-state index contributed by atoms with van der Waals surface area (Å²) in [4.78, 5) is 12.3. The number of amides is 1. The molecule has 0 atom stereocenters. The smallest absolute Gasteiger partial charge is 0.255 e. The van der Waals surface area contributed by atoms with Crippen LogP contribution in [0.1, 0.15) is 17.3 Å². The number of carbonyl (C=O) groups is 1. The first-order chi connectivity index (χ1) is 10.8. The highest BCUT2D eigenvalue weighted by atomic mass is 16.5. The second-order valence-electron chi connectivity index (χ2n) is 4.81. The number of aromatic nitrogens is 3. The summed E-state index contributed by atoms with van der Waals surface area (Å²) in [6.07, 6.45) is 5.59. The Morgan fingerprint density at radius 1 is 1.27 bits per heavy atom. The molecule has 1 aromatic carbocycles. The van der Waals surface area contributed by atoms with Crippen molar-refractivity contribution in [3.8, 4) is 5.75 Å². The van der Waals surface area contributed by atoms with Crippen molar-refractivity contribution in [1.82, 2.24) is 19.5 Å². The molecule has 6 heteroatoms. The SMILES string of the molecule is CCOc1ccccc1C(=O)NCCn1ccn2nccc12. The third-order valence-electron chi connectivity index (χ3n) is 3.40. The van der Waals surface area contributed by atoms with Crippen LogP contribution < -0.4 is 10.1 Å². The van der Waals surface area contributed by atoms with E-state index in [-0.39, 0.29) is 5.91 Å². The molecule has 0 radical (unpaired) electrons. The number of imidazole rings is 1. The van der Waals surface area contributed by atoms with Gasteiger partial charge in [-0.05, 0) is 19.1 Å². The fourth-order valence-electron chi connectivity index (χ4n) is 2.38. The maximum absolute atomic E-state index is 12.3. The highest BCUT2D eigenvalue weighted by Crippen LogP contribution is 2.17. The molecule has 0 aliphatic rings. The van der Waals surface area contributed by atoms with Gasteiger partial charge in [-0.25, -0.2) is 4.52 Å². The molecule has 1 N–H and O–H groups in total. The lowest BCUT2D eigenvalue weighted by molar-refractivity contribution is 0.0948. The zero-order valence-electron chi connectivity index (χ0n) is 12.4. The number of fused-ring (bicyclic) bond motifs is 1. The van der Waals surface area contributed by atoms with E-state index in [0.29, 0.717) is 31.0 Å². The fraction of sp³-hybridized carbons (Fsp3) is 0.250. The molecule has 1 amide bonds. The Kier molecular flexibility index (Phi) is 4.09. The largest absolute Gasteiger partial charge is 0.493 e. The number of benzene rings is 1. The van der Waals surface area contributed by atoms with Crippen LogP contribution in [-0.2, 0) is 6.54 Å². The van der Waals surface area contributed by atoms with Crippen LogP contribution in [0.15, 0.2) is 48.9 Å². The molecule has 3 aromatic rings. The second-order valence-corrected chi connectivity index (χ2v) is 4.81. The first kappa shape index (κ1) is 14.2. The standard InChI is InChI=1S/C16H18N4O2/c1-2-22-14-6-4-3-5-13(14)16(21)17-9-10-19-11-12-20-15(19)7-8-18-20/h3-8,11-12H,2,9-10H2,1H3,(H,17,21). The molecule has 2 aromatic heterocycles. The van der Waals surface area contributed by atoms with Crippen molar-refractivity contribution in [2.75, 3.05) is 13.2 Å². The average Bonchev–Trinajstić information content (AvgIpc) is 3.12. The van der Waals surface area contributed by atoms with Crippen LogP contribution in [0, 0.1) is 0 Å². The molecule has 0 unspecified atom stereocenters. The van der Waals surface area contributed by atoms with Gasteiger partial charge in [0.25, 0.3) is 5.91 Å². The number of para-hydroxylation sites is 1. The molecule has 22 heavy (non-hydrogen) atoms. The van der Waals surface area contributed by atoms with Crippen molar-refractivity contribution < 1.29 is 9.53 Å². The molecule has 2 heterocycles. The van der Waals surface area contributed by atoms with Crippen molar-refractivity contribution in [1.29, 1.82) is 0 Å². The topological polar surface area (TPSA) is 60.6 Å². The minimum atomic E-state index is -0.124. The molecule has 0 spiro atoms. The summed E-state index contributed by atoms with van der Waals surface area (Å²) in [6, 6.07) is 9.20. The number of carbonyl (C=O) groups excluding carboxylic acids is 1. The van der Waals surface area contributed by atoms with E-state index in [1.807, 2.05) is 42.1 Å². The molecule has 0 aliphatic carbocycles. The lowest BCUT2D eigenvalue weighted by atomic mass is 10.2. The second kappa shape index (κ2) is 6.34. The number of hydrogen-bond acceptors (Lipinski definition) is 3.